The molecule has 2 heterocycles. The van der Waals surface area contributed by atoms with Crippen molar-refractivity contribution in [3.63, 3.8) is 0 Å². The number of ketones is 2. The molecule has 6 fully saturated rings. The number of allylic oxidation sites excluding steroid dienone is 4. The minimum Gasteiger partial charge on any atom is -0.330 e. The maximum atomic E-state index is 12.1. The van der Waals surface area contributed by atoms with Crippen LogP contribution in [0.5, 0.6) is 0 Å². The van der Waals surface area contributed by atoms with Crippen LogP contribution in [-0.4, -0.2) is 23.4 Å². The Balaban J connectivity index is 0.000000142. The van der Waals surface area contributed by atoms with Gasteiger partial charge in [0.05, 0.1) is 0 Å². The van der Waals surface area contributed by atoms with Crippen LogP contribution in [0.25, 0.3) is 0 Å². The Morgan fingerprint density at radius 3 is 1.36 bits per heavy atom. The molecule has 0 aromatic rings. The predicted octanol–water partition coefficient (Wildman–Crippen LogP) is 6.90. The van der Waals surface area contributed by atoms with Crippen molar-refractivity contribution < 1.29 is 19.2 Å². The first kappa shape index (κ1) is 30.4. The molecule has 6 nitrogen and oxygen atoms in total. The number of nitrogens with one attached hydrogen (secondary N) is 2. The smallest absolute Gasteiger partial charge is 0.224 e. The summed E-state index contributed by atoms with van der Waals surface area (Å²) in [6.07, 6.45) is 15.8. The van der Waals surface area contributed by atoms with Crippen molar-refractivity contribution in [1.29, 1.82) is 0 Å². The van der Waals surface area contributed by atoms with Gasteiger partial charge in [-0.3, -0.25) is 19.2 Å². The second-order valence-electron chi connectivity index (χ2n) is 17.6. The normalized spacial score (nSPS) is 50.6. The van der Waals surface area contributed by atoms with Gasteiger partial charge in [-0.05, 0) is 96.7 Å². The Kier molecular flexibility index (Phi) is 7.00. The summed E-state index contributed by atoms with van der Waals surface area (Å²) in [6, 6.07) is 0. The lowest BCUT2D eigenvalue weighted by Gasteiger charge is -2.58. The maximum absolute atomic E-state index is 12.1. The SMILES string of the molecule is C[C@H]1C=C2NC(=O)CC[C@]2(C)C2CC[C@]3(C)CC(=O)CC3C21.C[C@H]1C=C2NC(=O)CC[C@]2(C)C2CC[C@]3(C)CC(=O)CC3C21. The molecular formula is C38H54N2O4. The van der Waals surface area contributed by atoms with Crippen molar-refractivity contribution in [2.45, 2.75) is 119 Å². The summed E-state index contributed by atoms with van der Waals surface area (Å²) in [5.41, 5.74) is 3.02. The van der Waals surface area contributed by atoms with E-state index >= 15 is 0 Å². The first-order valence-electron chi connectivity index (χ1n) is 17.7. The molecule has 4 saturated carbocycles. The van der Waals surface area contributed by atoms with Crippen molar-refractivity contribution in [3.8, 4) is 0 Å². The summed E-state index contributed by atoms with van der Waals surface area (Å²) < 4.78 is 0. The molecule has 240 valence electrons. The van der Waals surface area contributed by atoms with Crippen LogP contribution < -0.4 is 10.6 Å². The topological polar surface area (TPSA) is 92.3 Å². The van der Waals surface area contributed by atoms with Crippen LogP contribution in [-0.2, 0) is 19.2 Å². The number of carbonyl (C=O) groups excluding carboxylic acids is 4. The first-order valence-corrected chi connectivity index (χ1v) is 17.7. The standard InChI is InChI=1S/2C19H27NO2/c2*1-11-8-15-19(3,7-5-16(22)20-15)13-4-6-18(2)10-12(21)9-14(18)17(11)13/h2*8,11,13-14,17H,4-7,9-10H2,1-3H3,(H,20,22)/t2*11-,13?,14?,17?,18+,19+/m00/s1. The van der Waals surface area contributed by atoms with Crippen molar-refractivity contribution in [3.05, 3.63) is 23.5 Å². The van der Waals surface area contributed by atoms with Gasteiger partial charge in [0.1, 0.15) is 11.6 Å². The van der Waals surface area contributed by atoms with Gasteiger partial charge in [-0.15, -0.1) is 0 Å². The third-order valence-corrected chi connectivity index (χ3v) is 15.0. The summed E-state index contributed by atoms with van der Waals surface area (Å²) in [7, 11) is 0. The van der Waals surface area contributed by atoms with Crippen molar-refractivity contribution in [1.82, 2.24) is 10.6 Å². The number of fused-ring (bicyclic) bond motifs is 10. The van der Waals surface area contributed by atoms with Gasteiger partial charge in [-0.25, -0.2) is 0 Å². The third kappa shape index (κ3) is 4.46. The zero-order chi connectivity index (χ0) is 31.4. The van der Waals surface area contributed by atoms with Gasteiger partial charge in [-0.2, -0.15) is 0 Å². The molecule has 6 heteroatoms. The van der Waals surface area contributed by atoms with E-state index in [1.54, 1.807) is 0 Å². The highest BCUT2D eigenvalue weighted by atomic mass is 16.2. The van der Waals surface area contributed by atoms with Crippen LogP contribution >= 0.6 is 0 Å². The highest BCUT2D eigenvalue weighted by Crippen LogP contribution is 2.65. The van der Waals surface area contributed by atoms with Gasteiger partial charge in [0, 0.05) is 60.7 Å². The van der Waals surface area contributed by atoms with E-state index in [1.165, 1.54) is 37.1 Å². The molecule has 6 aliphatic carbocycles. The van der Waals surface area contributed by atoms with Gasteiger partial charge in [-0.1, -0.05) is 53.7 Å². The average Bonchev–Trinajstić information content (AvgIpc) is 3.43. The minimum absolute atomic E-state index is 0.109. The largest absolute Gasteiger partial charge is 0.330 e. The van der Waals surface area contributed by atoms with Crippen LogP contribution in [0.1, 0.15) is 119 Å². The number of Topliss-reactive ketones (excluding diaryl/α,β-unsaturated/α-hetero) is 2. The second kappa shape index (κ2) is 10.1. The molecule has 2 amide bonds. The monoisotopic (exact) mass is 602 g/mol. The maximum Gasteiger partial charge on any atom is 0.224 e. The lowest BCUT2D eigenvalue weighted by atomic mass is 9.48. The lowest BCUT2D eigenvalue weighted by Crippen LogP contribution is -2.54. The van der Waals surface area contributed by atoms with E-state index in [4.69, 9.17) is 0 Å². The van der Waals surface area contributed by atoms with E-state index in [0.717, 1.165) is 38.5 Å². The average molecular weight is 603 g/mol. The Bertz CT molecular complexity index is 1260. The molecule has 6 unspecified atom stereocenters. The number of rotatable bonds is 0. The molecule has 8 rings (SSSR count). The Morgan fingerprint density at radius 2 is 0.977 bits per heavy atom. The lowest BCUT2D eigenvalue weighted by molar-refractivity contribution is -0.126. The molecule has 2 aliphatic heterocycles. The number of hydrogen-bond donors (Lipinski definition) is 2. The molecular weight excluding hydrogens is 548 g/mol. The number of carbonyl (C=O) groups is 4. The minimum atomic E-state index is 0.109. The van der Waals surface area contributed by atoms with Crippen molar-refractivity contribution >= 4 is 23.4 Å². The number of hydrogen-bond acceptors (Lipinski definition) is 4. The van der Waals surface area contributed by atoms with Crippen LogP contribution in [0.3, 0.4) is 0 Å². The molecule has 0 aromatic heterocycles. The van der Waals surface area contributed by atoms with E-state index < -0.39 is 0 Å². The van der Waals surface area contributed by atoms with Gasteiger partial charge in [0.2, 0.25) is 11.8 Å². The Labute approximate surface area is 264 Å². The van der Waals surface area contributed by atoms with E-state index in [0.29, 0.717) is 71.8 Å². The fourth-order valence-corrected chi connectivity index (χ4v) is 12.6. The highest BCUT2D eigenvalue weighted by Gasteiger charge is 2.60. The Hall–Kier alpha value is -2.24. The summed E-state index contributed by atoms with van der Waals surface area (Å²) in [6.45, 7) is 14.0. The van der Waals surface area contributed by atoms with Gasteiger partial charge >= 0.3 is 0 Å². The quantitative estimate of drug-likeness (QED) is 0.316. The second-order valence-corrected chi connectivity index (χ2v) is 17.6. The van der Waals surface area contributed by atoms with Gasteiger partial charge in [0.15, 0.2) is 0 Å². The molecule has 0 aromatic carbocycles. The number of amides is 2. The molecule has 8 aliphatic rings. The fourth-order valence-electron chi connectivity index (χ4n) is 12.6. The molecule has 2 N–H and O–H groups in total. The zero-order valence-electron chi connectivity index (χ0n) is 27.9. The van der Waals surface area contributed by atoms with Crippen molar-refractivity contribution in [2.24, 2.45) is 69.0 Å². The fraction of sp³-hybridized carbons (Fsp3) is 0.789. The van der Waals surface area contributed by atoms with E-state index in [9.17, 15) is 19.2 Å². The van der Waals surface area contributed by atoms with Crippen LogP contribution in [0.4, 0.5) is 0 Å². The van der Waals surface area contributed by atoms with E-state index in [2.05, 4.69) is 64.3 Å². The van der Waals surface area contributed by atoms with Crippen LogP contribution in [0.15, 0.2) is 23.5 Å². The zero-order valence-corrected chi connectivity index (χ0v) is 27.9. The van der Waals surface area contributed by atoms with E-state index in [-0.39, 0.29) is 33.5 Å². The molecule has 12 atom stereocenters. The molecule has 44 heavy (non-hydrogen) atoms. The summed E-state index contributed by atoms with van der Waals surface area (Å²) in [4.78, 5) is 47.9. The molecule has 0 radical (unpaired) electrons. The summed E-state index contributed by atoms with van der Waals surface area (Å²) in [5, 5.41) is 6.31. The summed E-state index contributed by atoms with van der Waals surface area (Å²) in [5.74, 6) is 5.74. The summed E-state index contributed by atoms with van der Waals surface area (Å²) >= 11 is 0. The molecule has 0 spiro atoms. The predicted molar refractivity (Wildman–Crippen MR) is 170 cm³/mol. The van der Waals surface area contributed by atoms with Crippen LogP contribution in [0, 0.1) is 69.0 Å². The van der Waals surface area contributed by atoms with Crippen molar-refractivity contribution in [2.75, 3.05) is 0 Å². The number of piperidine rings is 2. The Morgan fingerprint density at radius 1 is 0.591 bits per heavy atom. The molecule has 0 bridgehead atoms. The van der Waals surface area contributed by atoms with Gasteiger partial charge in [0.25, 0.3) is 0 Å². The third-order valence-electron chi connectivity index (χ3n) is 15.0. The van der Waals surface area contributed by atoms with Gasteiger partial charge < -0.3 is 10.6 Å². The molecule has 2 saturated heterocycles. The van der Waals surface area contributed by atoms with Crippen LogP contribution in [0.2, 0.25) is 0 Å². The van der Waals surface area contributed by atoms with E-state index in [1.807, 2.05) is 0 Å². The highest BCUT2D eigenvalue weighted by molar-refractivity contribution is 5.83. The first-order chi connectivity index (χ1) is 20.7.